The molecular formula is C20H23Cl2N3O. The number of hydrogen-bond donors (Lipinski definition) is 2. The Morgan fingerprint density at radius 2 is 1.92 bits per heavy atom. The van der Waals surface area contributed by atoms with Crippen LogP contribution < -0.4 is 10.6 Å². The molecule has 4 rings (SSSR count). The van der Waals surface area contributed by atoms with Crippen LogP contribution in [0.4, 0.5) is 0 Å². The normalized spacial score (nSPS) is 19.4. The lowest BCUT2D eigenvalue weighted by Gasteiger charge is -2.30. The molecule has 0 spiro atoms. The Morgan fingerprint density at radius 3 is 2.73 bits per heavy atom. The highest BCUT2D eigenvalue weighted by Gasteiger charge is 2.24. The molecule has 2 atom stereocenters. The van der Waals surface area contributed by atoms with Gasteiger partial charge in [0.25, 0.3) is 5.91 Å². The number of carbonyl (C=O) groups is 1. The van der Waals surface area contributed by atoms with Gasteiger partial charge in [-0.05, 0) is 49.2 Å². The van der Waals surface area contributed by atoms with Crippen molar-refractivity contribution >= 4 is 52.4 Å². The maximum atomic E-state index is 12.9. The van der Waals surface area contributed by atoms with Gasteiger partial charge in [0.05, 0.1) is 11.1 Å². The minimum Gasteiger partial charge on any atom is -0.348 e. The second-order valence-electron chi connectivity index (χ2n) is 6.51. The predicted octanol–water partition coefficient (Wildman–Crippen LogP) is 4.10. The van der Waals surface area contributed by atoms with E-state index in [4.69, 9.17) is 0 Å². The van der Waals surface area contributed by atoms with E-state index in [1.54, 1.807) is 6.20 Å². The van der Waals surface area contributed by atoms with Crippen molar-refractivity contribution in [3.63, 3.8) is 0 Å². The highest BCUT2D eigenvalue weighted by Crippen LogP contribution is 2.27. The summed E-state index contributed by atoms with van der Waals surface area (Å²) >= 11 is 0. The average molecular weight is 392 g/mol. The van der Waals surface area contributed by atoms with Crippen LogP contribution in [0.2, 0.25) is 0 Å². The molecule has 0 bridgehead atoms. The number of benzene rings is 2. The van der Waals surface area contributed by atoms with E-state index in [1.165, 1.54) is 0 Å². The molecule has 2 aromatic carbocycles. The van der Waals surface area contributed by atoms with Crippen molar-refractivity contribution in [2.24, 2.45) is 0 Å². The molecule has 1 aliphatic heterocycles. The number of piperidine rings is 1. The zero-order valence-electron chi connectivity index (χ0n) is 14.6. The molecule has 0 saturated carbocycles. The van der Waals surface area contributed by atoms with Crippen LogP contribution >= 0.6 is 24.8 Å². The van der Waals surface area contributed by atoms with Gasteiger partial charge in [-0.3, -0.25) is 9.78 Å². The molecule has 6 heteroatoms. The maximum Gasteiger partial charge on any atom is 0.253 e. The molecule has 1 aromatic heterocycles. The number of hydrogen-bond acceptors (Lipinski definition) is 3. The van der Waals surface area contributed by atoms with Gasteiger partial charge in [-0.25, -0.2) is 0 Å². The second-order valence-corrected chi connectivity index (χ2v) is 6.51. The van der Waals surface area contributed by atoms with Gasteiger partial charge in [0.1, 0.15) is 0 Å². The van der Waals surface area contributed by atoms with E-state index in [0.29, 0.717) is 11.6 Å². The summed E-state index contributed by atoms with van der Waals surface area (Å²) in [4.78, 5) is 17.4. The van der Waals surface area contributed by atoms with Crippen LogP contribution in [0, 0.1) is 0 Å². The Labute approximate surface area is 165 Å². The number of fused-ring (bicyclic) bond motifs is 3. The van der Waals surface area contributed by atoms with Gasteiger partial charge < -0.3 is 10.6 Å². The van der Waals surface area contributed by atoms with E-state index in [-0.39, 0.29) is 36.8 Å². The molecule has 1 aliphatic rings. The predicted molar refractivity (Wildman–Crippen MR) is 112 cm³/mol. The van der Waals surface area contributed by atoms with Crippen LogP contribution in [-0.4, -0.2) is 29.5 Å². The topological polar surface area (TPSA) is 54.0 Å². The third-order valence-corrected chi connectivity index (χ3v) is 4.94. The van der Waals surface area contributed by atoms with Crippen molar-refractivity contribution in [1.29, 1.82) is 0 Å². The number of halogens is 2. The molecular weight excluding hydrogens is 369 g/mol. The van der Waals surface area contributed by atoms with E-state index >= 15 is 0 Å². The Kier molecular flexibility index (Phi) is 6.81. The summed E-state index contributed by atoms with van der Waals surface area (Å²) in [7, 11) is 0. The van der Waals surface area contributed by atoms with Crippen LogP contribution in [-0.2, 0) is 0 Å². The Balaban J connectivity index is 0.00000121. The summed E-state index contributed by atoms with van der Waals surface area (Å²) in [6, 6.07) is 14.5. The molecule has 1 saturated heterocycles. The van der Waals surface area contributed by atoms with E-state index in [0.717, 1.165) is 41.1 Å². The fraction of sp³-hybridized carbons (Fsp3) is 0.300. The molecule has 1 amide bonds. The fourth-order valence-corrected chi connectivity index (χ4v) is 3.59. The standard InChI is InChI=1S/C20H21N3O.2ClH/c1-13-18(9-5-10-21-13)23-20(24)17-12-14-6-2-3-7-15(14)16-8-4-11-22-19(16)17;;/h2-4,6-8,11-13,18,21H,5,9-10H2,1H3,(H,23,24);2*1H. The Bertz CT molecular complexity index is 916. The maximum absolute atomic E-state index is 12.9. The highest BCUT2D eigenvalue weighted by atomic mass is 35.5. The number of aromatic nitrogens is 1. The first-order valence-corrected chi connectivity index (χ1v) is 8.55. The second kappa shape index (κ2) is 8.67. The fourth-order valence-electron chi connectivity index (χ4n) is 3.59. The molecule has 2 N–H and O–H groups in total. The van der Waals surface area contributed by atoms with Crippen molar-refractivity contribution in [2.45, 2.75) is 31.8 Å². The van der Waals surface area contributed by atoms with E-state index in [1.807, 2.05) is 36.4 Å². The van der Waals surface area contributed by atoms with Gasteiger partial charge in [0, 0.05) is 23.7 Å². The SMILES string of the molecule is CC1NCCCC1NC(=O)c1cc2ccccc2c2cccnc12.Cl.Cl. The number of amides is 1. The quantitative estimate of drug-likeness (QED) is 0.646. The van der Waals surface area contributed by atoms with E-state index in [9.17, 15) is 4.79 Å². The molecule has 1 fully saturated rings. The Hall–Kier alpha value is -1.88. The van der Waals surface area contributed by atoms with Crippen molar-refractivity contribution < 1.29 is 4.79 Å². The van der Waals surface area contributed by atoms with Crippen molar-refractivity contribution in [1.82, 2.24) is 15.6 Å². The lowest BCUT2D eigenvalue weighted by atomic mass is 9.97. The third-order valence-electron chi connectivity index (χ3n) is 4.94. The van der Waals surface area contributed by atoms with Crippen LogP contribution in [0.3, 0.4) is 0 Å². The van der Waals surface area contributed by atoms with Gasteiger partial charge in [0.15, 0.2) is 0 Å². The summed E-state index contributed by atoms with van der Waals surface area (Å²) < 4.78 is 0. The van der Waals surface area contributed by atoms with Gasteiger partial charge in [-0.1, -0.05) is 30.3 Å². The summed E-state index contributed by atoms with van der Waals surface area (Å²) in [5.74, 6) is -0.0370. The molecule has 26 heavy (non-hydrogen) atoms. The molecule has 3 aromatic rings. The number of carbonyl (C=O) groups excluding carboxylic acids is 1. The lowest BCUT2D eigenvalue weighted by Crippen LogP contribution is -2.51. The summed E-state index contributed by atoms with van der Waals surface area (Å²) in [6.07, 6.45) is 3.85. The van der Waals surface area contributed by atoms with Crippen LogP contribution in [0.25, 0.3) is 21.7 Å². The molecule has 2 heterocycles. The molecule has 138 valence electrons. The third kappa shape index (κ3) is 3.78. The van der Waals surface area contributed by atoms with Gasteiger partial charge >= 0.3 is 0 Å². The monoisotopic (exact) mass is 391 g/mol. The van der Waals surface area contributed by atoms with Gasteiger partial charge in [0.2, 0.25) is 0 Å². The van der Waals surface area contributed by atoms with E-state index < -0.39 is 0 Å². The summed E-state index contributed by atoms with van der Waals surface area (Å²) in [5.41, 5.74) is 1.42. The zero-order valence-corrected chi connectivity index (χ0v) is 16.2. The molecule has 0 aliphatic carbocycles. The minimum absolute atomic E-state index is 0. The first-order chi connectivity index (χ1) is 11.7. The highest BCUT2D eigenvalue weighted by molar-refractivity contribution is 6.15. The van der Waals surface area contributed by atoms with Crippen LogP contribution in [0.5, 0.6) is 0 Å². The van der Waals surface area contributed by atoms with E-state index in [2.05, 4.69) is 28.6 Å². The van der Waals surface area contributed by atoms with Crippen LogP contribution in [0.15, 0.2) is 48.7 Å². The number of rotatable bonds is 2. The number of pyridine rings is 1. The van der Waals surface area contributed by atoms with Crippen molar-refractivity contribution in [3.05, 3.63) is 54.2 Å². The lowest BCUT2D eigenvalue weighted by molar-refractivity contribution is 0.0921. The first-order valence-electron chi connectivity index (χ1n) is 8.55. The van der Waals surface area contributed by atoms with Crippen LogP contribution in [0.1, 0.15) is 30.1 Å². The van der Waals surface area contributed by atoms with Gasteiger partial charge in [-0.15, -0.1) is 24.8 Å². The number of nitrogens with one attached hydrogen (secondary N) is 2. The first kappa shape index (κ1) is 20.4. The smallest absolute Gasteiger partial charge is 0.253 e. The van der Waals surface area contributed by atoms with Crippen molar-refractivity contribution in [3.8, 4) is 0 Å². The molecule has 0 radical (unpaired) electrons. The zero-order chi connectivity index (χ0) is 16.5. The summed E-state index contributed by atoms with van der Waals surface area (Å²) in [6.45, 7) is 3.15. The largest absolute Gasteiger partial charge is 0.348 e. The average Bonchev–Trinajstić information content (AvgIpc) is 2.63. The molecule has 2 unspecified atom stereocenters. The van der Waals surface area contributed by atoms with Crippen molar-refractivity contribution in [2.75, 3.05) is 6.54 Å². The Morgan fingerprint density at radius 1 is 1.15 bits per heavy atom. The minimum atomic E-state index is -0.0370. The number of nitrogens with zero attached hydrogens (tertiary/aromatic N) is 1. The molecule has 4 nitrogen and oxygen atoms in total. The van der Waals surface area contributed by atoms with Gasteiger partial charge in [-0.2, -0.15) is 0 Å². The summed E-state index contributed by atoms with van der Waals surface area (Å²) in [5, 5.41) is 9.85.